The number of ether oxygens (including phenoxy) is 1. The Kier molecular flexibility index (Phi) is 7.15. The Morgan fingerprint density at radius 2 is 1.89 bits per heavy atom. The summed E-state index contributed by atoms with van der Waals surface area (Å²) in [5, 5.41) is 6.13. The quantitative estimate of drug-likeness (QED) is 0.757. The molecule has 0 spiro atoms. The van der Waals surface area contributed by atoms with Crippen molar-refractivity contribution >= 4 is 11.6 Å². The van der Waals surface area contributed by atoms with E-state index in [0.717, 1.165) is 12.2 Å². The first-order valence-electron chi connectivity index (χ1n) is 6.74. The topological polar surface area (TPSA) is 50.4 Å². The van der Waals surface area contributed by atoms with Crippen LogP contribution in [0.5, 0.6) is 0 Å². The summed E-state index contributed by atoms with van der Waals surface area (Å²) in [7, 11) is 0. The van der Waals surface area contributed by atoms with Crippen LogP contribution in [0.25, 0.3) is 0 Å². The molecule has 0 bridgehead atoms. The second-order valence-electron chi connectivity index (χ2n) is 5.10. The lowest BCUT2D eigenvalue weighted by atomic mass is 10.2. The number of hydrogen-bond donors (Lipinski definition) is 2. The molecule has 4 heteroatoms. The maximum absolute atomic E-state index is 11.6. The maximum Gasteiger partial charge on any atom is 0.250 e. The Morgan fingerprint density at radius 3 is 2.53 bits per heavy atom. The monoisotopic (exact) mass is 264 g/mol. The molecule has 106 valence electrons. The number of para-hydroxylation sites is 1. The fourth-order valence-electron chi connectivity index (χ4n) is 1.57. The van der Waals surface area contributed by atoms with Crippen LogP contribution in [0.3, 0.4) is 0 Å². The van der Waals surface area contributed by atoms with Crippen LogP contribution in [0.2, 0.25) is 0 Å². The van der Waals surface area contributed by atoms with Crippen molar-refractivity contribution in [1.29, 1.82) is 0 Å². The van der Waals surface area contributed by atoms with E-state index in [1.165, 1.54) is 0 Å². The van der Waals surface area contributed by atoms with E-state index >= 15 is 0 Å². The highest BCUT2D eigenvalue weighted by Crippen LogP contribution is 2.04. The molecule has 1 rings (SSSR count). The lowest BCUT2D eigenvalue weighted by molar-refractivity contribution is -0.121. The molecule has 0 aliphatic carbocycles. The van der Waals surface area contributed by atoms with Crippen molar-refractivity contribution in [1.82, 2.24) is 5.32 Å². The van der Waals surface area contributed by atoms with E-state index in [-0.39, 0.29) is 12.5 Å². The summed E-state index contributed by atoms with van der Waals surface area (Å²) in [6, 6.07) is 9.87. The van der Waals surface area contributed by atoms with Gasteiger partial charge < -0.3 is 15.4 Å². The van der Waals surface area contributed by atoms with E-state index in [4.69, 9.17) is 4.74 Å². The highest BCUT2D eigenvalue weighted by atomic mass is 16.5. The van der Waals surface area contributed by atoms with E-state index in [1.54, 1.807) is 0 Å². The minimum atomic E-state index is -0.116. The zero-order valence-corrected chi connectivity index (χ0v) is 12.0. The van der Waals surface area contributed by atoms with Crippen LogP contribution in [0, 0.1) is 5.92 Å². The average Bonchev–Trinajstić information content (AvgIpc) is 2.37. The summed E-state index contributed by atoms with van der Waals surface area (Å²) in [6.45, 7) is 7.91. The van der Waals surface area contributed by atoms with E-state index in [9.17, 15) is 4.79 Å². The maximum atomic E-state index is 11.6. The Labute approximate surface area is 115 Å². The SMILES string of the molecule is CC(CNC(C)C)COCC(=O)Nc1ccccc1. The predicted molar refractivity (Wildman–Crippen MR) is 78.2 cm³/mol. The second kappa shape index (κ2) is 8.67. The molecule has 0 heterocycles. The minimum absolute atomic E-state index is 0.0981. The van der Waals surface area contributed by atoms with Gasteiger partial charge in [-0.3, -0.25) is 4.79 Å². The molecule has 1 amide bonds. The summed E-state index contributed by atoms with van der Waals surface area (Å²) >= 11 is 0. The number of carbonyl (C=O) groups is 1. The van der Waals surface area contributed by atoms with Crippen molar-refractivity contribution in [2.75, 3.05) is 25.1 Å². The fraction of sp³-hybridized carbons (Fsp3) is 0.533. The van der Waals surface area contributed by atoms with E-state index in [2.05, 4.69) is 31.4 Å². The highest BCUT2D eigenvalue weighted by Gasteiger charge is 2.06. The molecule has 0 radical (unpaired) electrons. The number of nitrogens with one attached hydrogen (secondary N) is 2. The van der Waals surface area contributed by atoms with Crippen molar-refractivity contribution in [3.8, 4) is 0 Å². The van der Waals surface area contributed by atoms with E-state index < -0.39 is 0 Å². The fourth-order valence-corrected chi connectivity index (χ4v) is 1.57. The summed E-state index contributed by atoms with van der Waals surface area (Å²) < 4.78 is 5.41. The van der Waals surface area contributed by atoms with Gasteiger partial charge in [-0.1, -0.05) is 39.0 Å². The second-order valence-corrected chi connectivity index (χ2v) is 5.10. The first-order chi connectivity index (χ1) is 9.08. The summed E-state index contributed by atoms with van der Waals surface area (Å²) in [6.07, 6.45) is 0. The van der Waals surface area contributed by atoms with Crippen molar-refractivity contribution in [2.45, 2.75) is 26.8 Å². The number of anilines is 1. The van der Waals surface area contributed by atoms with Gasteiger partial charge in [-0.05, 0) is 18.1 Å². The minimum Gasteiger partial charge on any atom is -0.371 e. The van der Waals surface area contributed by atoms with Crippen molar-refractivity contribution in [3.63, 3.8) is 0 Å². The molecule has 19 heavy (non-hydrogen) atoms. The molecule has 1 unspecified atom stereocenters. The summed E-state index contributed by atoms with van der Waals surface area (Å²) in [5.41, 5.74) is 0.797. The van der Waals surface area contributed by atoms with Crippen LogP contribution in [-0.4, -0.2) is 31.7 Å². The number of hydrogen-bond acceptors (Lipinski definition) is 3. The predicted octanol–water partition coefficient (Wildman–Crippen LogP) is 2.28. The number of amides is 1. The number of rotatable bonds is 8. The standard InChI is InChI=1S/C15H24N2O2/c1-12(2)16-9-13(3)10-19-11-15(18)17-14-7-5-4-6-8-14/h4-8,12-13,16H,9-11H2,1-3H3,(H,17,18). The van der Waals surface area contributed by atoms with Crippen molar-refractivity contribution in [3.05, 3.63) is 30.3 Å². The molecule has 2 N–H and O–H groups in total. The molecular weight excluding hydrogens is 240 g/mol. The van der Waals surface area contributed by atoms with Gasteiger partial charge in [0.25, 0.3) is 0 Å². The Balaban J connectivity index is 2.13. The molecule has 4 nitrogen and oxygen atoms in total. The molecule has 0 fully saturated rings. The zero-order valence-electron chi connectivity index (χ0n) is 12.0. The molecule has 1 aromatic carbocycles. The lowest BCUT2D eigenvalue weighted by Crippen LogP contribution is -2.30. The molecule has 0 aliphatic rings. The Hall–Kier alpha value is -1.39. The van der Waals surface area contributed by atoms with E-state index in [1.807, 2.05) is 30.3 Å². The van der Waals surface area contributed by atoms with Crippen molar-refractivity contribution in [2.24, 2.45) is 5.92 Å². The Morgan fingerprint density at radius 1 is 1.21 bits per heavy atom. The summed E-state index contributed by atoms with van der Waals surface area (Å²) in [4.78, 5) is 11.6. The van der Waals surface area contributed by atoms with Crippen LogP contribution in [0.4, 0.5) is 5.69 Å². The van der Waals surface area contributed by atoms with Crippen LogP contribution in [0.15, 0.2) is 30.3 Å². The number of carbonyl (C=O) groups excluding carboxylic acids is 1. The largest absolute Gasteiger partial charge is 0.371 e. The molecule has 0 saturated carbocycles. The third kappa shape index (κ3) is 7.59. The van der Waals surface area contributed by atoms with Crippen LogP contribution < -0.4 is 10.6 Å². The van der Waals surface area contributed by atoms with E-state index in [0.29, 0.717) is 18.6 Å². The van der Waals surface area contributed by atoms with Gasteiger partial charge in [0.2, 0.25) is 5.91 Å². The van der Waals surface area contributed by atoms with Crippen LogP contribution in [0.1, 0.15) is 20.8 Å². The summed E-state index contributed by atoms with van der Waals surface area (Å²) in [5.74, 6) is 0.280. The van der Waals surface area contributed by atoms with Crippen molar-refractivity contribution < 1.29 is 9.53 Å². The first-order valence-corrected chi connectivity index (χ1v) is 6.74. The van der Waals surface area contributed by atoms with Gasteiger partial charge in [-0.25, -0.2) is 0 Å². The van der Waals surface area contributed by atoms with Gasteiger partial charge in [0.05, 0.1) is 6.61 Å². The zero-order chi connectivity index (χ0) is 14.1. The molecule has 1 atom stereocenters. The number of benzene rings is 1. The van der Waals surface area contributed by atoms with Gasteiger partial charge >= 0.3 is 0 Å². The molecular formula is C15H24N2O2. The average molecular weight is 264 g/mol. The van der Waals surface area contributed by atoms with Gasteiger partial charge in [0, 0.05) is 18.3 Å². The molecule has 0 saturated heterocycles. The van der Waals surface area contributed by atoms with Gasteiger partial charge in [0.15, 0.2) is 0 Å². The van der Waals surface area contributed by atoms with Gasteiger partial charge in [-0.2, -0.15) is 0 Å². The smallest absolute Gasteiger partial charge is 0.250 e. The normalized spacial score (nSPS) is 12.4. The van der Waals surface area contributed by atoms with Crippen LogP contribution >= 0.6 is 0 Å². The molecule has 1 aromatic rings. The third-order valence-corrected chi connectivity index (χ3v) is 2.57. The van der Waals surface area contributed by atoms with Gasteiger partial charge in [0.1, 0.15) is 6.61 Å². The van der Waals surface area contributed by atoms with Crippen LogP contribution in [-0.2, 0) is 9.53 Å². The van der Waals surface area contributed by atoms with Gasteiger partial charge in [-0.15, -0.1) is 0 Å². The molecule has 0 aromatic heterocycles. The lowest BCUT2D eigenvalue weighted by Gasteiger charge is -2.15. The highest BCUT2D eigenvalue weighted by molar-refractivity contribution is 5.91. The Bertz CT molecular complexity index is 366. The molecule has 0 aliphatic heterocycles. The first kappa shape index (κ1) is 15.7. The third-order valence-electron chi connectivity index (χ3n) is 2.57.